The number of aryl methyl sites for hydroxylation is 3. The SMILES string of the molecule is Cc1cc(C)c(NC(=O)CN(C)C(=O)C2CNC2)c(C)c1.Cl. The Morgan fingerprint density at radius 3 is 2.23 bits per heavy atom. The lowest BCUT2D eigenvalue weighted by atomic mass is 10.0. The first-order chi connectivity index (χ1) is 9.88. The number of benzene rings is 1. The van der Waals surface area contributed by atoms with Gasteiger partial charge in [0.1, 0.15) is 0 Å². The topological polar surface area (TPSA) is 61.4 Å². The Balaban J connectivity index is 0.00000242. The Bertz CT molecular complexity index is 548. The summed E-state index contributed by atoms with van der Waals surface area (Å²) in [6, 6.07) is 4.08. The number of halogens is 1. The molecule has 0 bridgehead atoms. The van der Waals surface area contributed by atoms with Gasteiger partial charge in [-0.1, -0.05) is 17.7 Å². The lowest BCUT2D eigenvalue weighted by Crippen LogP contribution is -2.52. The molecule has 1 fully saturated rings. The summed E-state index contributed by atoms with van der Waals surface area (Å²) in [5.74, 6) is -0.111. The summed E-state index contributed by atoms with van der Waals surface area (Å²) in [5.41, 5.74) is 4.10. The van der Waals surface area contributed by atoms with Crippen molar-refractivity contribution in [2.75, 3.05) is 32.0 Å². The van der Waals surface area contributed by atoms with Crippen LogP contribution in [0.1, 0.15) is 16.7 Å². The van der Waals surface area contributed by atoms with Crippen molar-refractivity contribution in [2.24, 2.45) is 5.92 Å². The zero-order chi connectivity index (χ0) is 15.6. The average Bonchev–Trinajstić information content (AvgIpc) is 2.31. The molecule has 0 aliphatic carbocycles. The number of nitrogens with one attached hydrogen (secondary N) is 2. The van der Waals surface area contributed by atoms with Crippen molar-refractivity contribution in [2.45, 2.75) is 20.8 Å². The molecular formula is C16H24ClN3O2. The Morgan fingerprint density at radius 2 is 1.77 bits per heavy atom. The van der Waals surface area contributed by atoms with Gasteiger partial charge >= 0.3 is 0 Å². The molecule has 0 atom stereocenters. The fraction of sp³-hybridized carbons (Fsp3) is 0.500. The fourth-order valence-corrected chi connectivity index (χ4v) is 2.62. The predicted molar refractivity (Wildman–Crippen MR) is 90.5 cm³/mol. The van der Waals surface area contributed by atoms with Crippen LogP contribution in [0, 0.1) is 26.7 Å². The van der Waals surface area contributed by atoms with Crippen molar-refractivity contribution < 1.29 is 9.59 Å². The van der Waals surface area contributed by atoms with Gasteiger partial charge in [-0.15, -0.1) is 12.4 Å². The number of anilines is 1. The Morgan fingerprint density at radius 1 is 1.23 bits per heavy atom. The van der Waals surface area contributed by atoms with Crippen LogP contribution in [0.2, 0.25) is 0 Å². The van der Waals surface area contributed by atoms with Crippen LogP contribution in [0.3, 0.4) is 0 Å². The summed E-state index contributed by atoms with van der Waals surface area (Å²) in [7, 11) is 1.68. The zero-order valence-electron chi connectivity index (χ0n) is 13.5. The highest BCUT2D eigenvalue weighted by molar-refractivity contribution is 5.96. The standard InChI is InChI=1S/C16H23N3O2.ClH/c1-10-5-11(2)15(12(3)6-10)18-14(20)9-19(4)16(21)13-7-17-8-13;/h5-6,13,17H,7-9H2,1-4H3,(H,18,20);1H. The third kappa shape index (κ3) is 4.21. The lowest BCUT2D eigenvalue weighted by molar-refractivity contribution is -0.138. The van der Waals surface area contributed by atoms with Crippen molar-refractivity contribution in [1.82, 2.24) is 10.2 Å². The maximum Gasteiger partial charge on any atom is 0.243 e. The summed E-state index contributed by atoms with van der Waals surface area (Å²) in [4.78, 5) is 25.6. The molecule has 0 radical (unpaired) electrons. The van der Waals surface area contributed by atoms with Crippen molar-refractivity contribution in [3.63, 3.8) is 0 Å². The normalized spacial score (nSPS) is 13.8. The van der Waals surface area contributed by atoms with E-state index >= 15 is 0 Å². The molecular weight excluding hydrogens is 302 g/mol. The number of hydrogen-bond acceptors (Lipinski definition) is 3. The number of hydrogen-bond donors (Lipinski definition) is 2. The van der Waals surface area contributed by atoms with Crippen molar-refractivity contribution in [3.05, 3.63) is 28.8 Å². The van der Waals surface area contributed by atoms with E-state index in [1.54, 1.807) is 7.05 Å². The van der Waals surface area contributed by atoms with Crippen LogP contribution < -0.4 is 10.6 Å². The fourth-order valence-electron chi connectivity index (χ4n) is 2.62. The molecule has 2 rings (SSSR count). The number of nitrogens with zero attached hydrogens (tertiary/aromatic N) is 1. The molecule has 1 aromatic carbocycles. The van der Waals surface area contributed by atoms with E-state index in [4.69, 9.17) is 0 Å². The minimum Gasteiger partial charge on any atom is -0.336 e. The van der Waals surface area contributed by atoms with Gasteiger partial charge in [0.05, 0.1) is 12.5 Å². The van der Waals surface area contributed by atoms with Gasteiger partial charge in [0.2, 0.25) is 11.8 Å². The minimum atomic E-state index is -0.159. The van der Waals surface area contributed by atoms with E-state index in [9.17, 15) is 9.59 Å². The van der Waals surface area contributed by atoms with Crippen LogP contribution in [0.5, 0.6) is 0 Å². The van der Waals surface area contributed by atoms with Crippen LogP contribution >= 0.6 is 12.4 Å². The Labute approximate surface area is 137 Å². The molecule has 0 saturated carbocycles. The lowest BCUT2D eigenvalue weighted by Gasteiger charge is -2.30. The predicted octanol–water partition coefficient (Wildman–Crippen LogP) is 1.65. The second-order valence-electron chi connectivity index (χ2n) is 5.87. The van der Waals surface area contributed by atoms with Crippen LogP contribution in [-0.2, 0) is 9.59 Å². The summed E-state index contributed by atoms with van der Waals surface area (Å²) in [5, 5.41) is 5.98. The maximum atomic E-state index is 12.1. The van der Waals surface area contributed by atoms with Gasteiger partial charge in [-0.3, -0.25) is 9.59 Å². The van der Waals surface area contributed by atoms with Crippen LogP contribution in [-0.4, -0.2) is 43.4 Å². The van der Waals surface area contributed by atoms with Crippen LogP contribution in [0.4, 0.5) is 5.69 Å². The minimum absolute atomic E-state index is 0. The van der Waals surface area contributed by atoms with Gasteiger partial charge < -0.3 is 15.5 Å². The molecule has 6 heteroatoms. The number of rotatable bonds is 4. The Hall–Kier alpha value is -1.59. The second kappa shape index (κ2) is 7.61. The first-order valence-electron chi connectivity index (χ1n) is 7.22. The molecule has 0 spiro atoms. The first-order valence-corrected chi connectivity index (χ1v) is 7.22. The molecule has 22 heavy (non-hydrogen) atoms. The van der Waals surface area contributed by atoms with Gasteiger partial charge in [0.15, 0.2) is 0 Å². The number of carbonyl (C=O) groups excluding carboxylic acids is 2. The molecule has 1 aromatic rings. The van der Waals surface area contributed by atoms with Gasteiger partial charge in [0, 0.05) is 25.8 Å². The summed E-state index contributed by atoms with van der Waals surface area (Å²) in [6.45, 7) is 7.49. The molecule has 1 heterocycles. The maximum absolute atomic E-state index is 12.1. The first kappa shape index (κ1) is 18.5. The van der Waals surface area contributed by atoms with E-state index < -0.39 is 0 Å². The number of likely N-dealkylation sites (N-methyl/N-ethyl adjacent to an activating group) is 1. The molecule has 1 aliphatic rings. The molecule has 2 N–H and O–H groups in total. The highest BCUT2D eigenvalue weighted by Gasteiger charge is 2.28. The second-order valence-corrected chi connectivity index (χ2v) is 5.87. The van der Waals surface area contributed by atoms with E-state index in [0.717, 1.165) is 16.8 Å². The summed E-state index contributed by atoms with van der Waals surface area (Å²) >= 11 is 0. The monoisotopic (exact) mass is 325 g/mol. The Kier molecular flexibility index (Phi) is 6.38. The largest absolute Gasteiger partial charge is 0.336 e. The van der Waals surface area contributed by atoms with E-state index in [0.29, 0.717) is 13.1 Å². The van der Waals surface area contributed by atoms with Crippen molar-refractivity contribution in [1.29, 1.82) is 0 Å². The van der Waals surface area contributed by atoms with Gasteiger partial charge in [-0.2, -0.15) is 0 Å². The number of carbonyl (C=O) groups is 2. The quantitative estimate of drug-likeness (QED) is 0.885. The zero-order valence-corrected chi connectivity index (χ0v) is 14.3. The van der Waals surface area contributed by atoms with E-state index in [-0.39, 0.29) is 36.7 Å². The van der Waals surface area contributed by atoms with E-state index in [1.807, 2.05) is 32.9 Å². The van der Waals surface area contributed by atoms with E-state index in [1.165, 1.54) is 10.5 Å². The van der Waals surface area contributed by atoms with Crippen LogP contribution in [0.15, 0.2) is 12.1 Å². The van der Waals surface area contributed by atoms with Crippen molar-refractivity contribution >= 4 is 29.9 Å². The van der Waals surface area contributed by atoms with Crippen molar-refractivity contribution in [3.8, 4) is 0 Å². The van der Waals surface area contributed by atoms with Crippen LogP contribution in [0.25, 0.3) is 0 Å². The van der Waals surface area contributed by atoms with Gasteiger partial charge in [0.25, 0.3) is 0 Å². The van der Waals surface area contributed by atoms with E-state index in [2.05, 4.69) is 10.6 Å². The average molecular weight is 326 g/mol. The highest BCUT2D eigenvalue weighted by Crippen LogP contribution is 2.21. The highest BCUT2D eigenvalue weighted by atomic mass is 35.5. The molecule has 5 nitrogen and oxygen atoms in total. The molecule has 1 aliphatic heterocycles. The molecule has 0 unspecified atom stereocenters. The van der Waals surface area contributed by atoms with Gasteiger partial charge in [-0.25, -0.2) is 0 Å². The molecule has 2 amide bonds. The summed E-state index contributed by atoms with van der Waals surface area (Å²) < 4.78 is 0. The van der Waals surface area contributed by atoms with Gasteiger partial charge in [-0.05, 0) is 31.9 Å². The summed E-state index contributed by atoms with van der Waals surface area (Å²) in [6.07, 6.45) is 0. The third-order valence-electron chi connectivity index (χ3n) is 3.83. The number of amides is 2. The molecule has 1 saturated heterocycles. The molecule has 0 aromatic heterocycles. The third-order valence-corrected chi connectivity index (χ3v) is 3.83. The molecule has 122 valence electrons. The smallest absolute Gasteiger partial charge is 0.243 e.